The topological polar surface area (TPSA) is 53.2 Å². The molecule has 2 heterocycles. The molecule has 3 rings (SSSR count). The fourth-order valence-electron chi connectivity index (χ4n) is 2.81. The monoisotopic (exact) mass is 195 g/mol. The lowest BCUT2D eigenvalue weighted by molar-refractivity contribution is -0.123. The maximum Gasteiger partial charge on any atom is 0.237 e. The Balaban J connectivity index is 1.50. The third-order valence-electron chi connectivity index (χ3n) is 3.78. The van der Waals surface area contributed by atoms with Crippen molar-refractivity contribution < 1.29 is 4.79 Å². The summed E-state index contributed by atoms with van der Waals surface area (Å²) < 4.78 is 0. The minimum atomic E-state index is 0.0873. The van der Waals surface area contributed by atoms with Crippen LogP contribution in [0.15, 0.2) is 0 Å². The van der Waals surface area contributed by atoms with Crippen molar-refractivity contribution >= 4 is 5.91 Å². The number of nitrogens with one attached hydrogen (secondary N) is 3. The molecule has 1 aliphatic carbocycles. The molecule has 78 valence electrons. The summed E-state index contributed by atoms with van der Waals surface area (Å²) >= 11 is 0. The predicted molar refractivity (Wildman–Crippen MR) is 52.8 cm³/mol. The molecule has 4 nitrogen and oxygen atoms in total. The van der Waals surface area contributed by atoms with E-state index in [0.29, 0.717) is 6.04 Å². The van der Waals surface area contributed by atoms with Crippen LogP contribution in [0, 0.1) is 11.8 Å². The number of fused-ring (bicyclic) bond motifs is 1. The standard InChI is InChI=1S/C10H17N3O/c14-10(8-2-1-3-12-8)13-9-6-4-11-5-7(6)9/h6-9,11-12H,1-5H2,(H,13,14). The molecule has 4 heteroatoms. The Morgan fingerprint density at radius 1 is 1.29 bits per heavy atom. The first-order valence-corrected chi connectivity index (χ1v) is 5.61. The SMILES string of the molecule is O=C(NC1C2CNCC21)C1CCCN1. The van der Waals surface area contributed by atoms with Crippen LogP contribution in [0.25, 0.3) is 0 Å². The van der Waals surface area contributed by atoms with Crippen LogP contribution >= 0.6 is 0 Å². The molecule has 0 aromatic heterocycles. The Morgan fingerprint density at radius 3 is 2.71 bits per heavy atom. The van der Waals surface area contributed by atoms with Crippen LogP contribution in [0.4, 0.5) is 0 Å². The lowest BCUT2D eigenvalue weighted by atomic mass is 10.2. The van der Waals surface area contributed by atoms with E-state index in [1.54, 1.807) is 0 Å². The summed E-state index contributed by atoms with van der Waals surface area (Å²) in [6.07, 6.45) is 2.14. The first-order valence-electron chi connectivity index (χ1n) is 5.61. The summed E-state index contributed by atoms with van der Waals surface area (Å²) in [6, 6.07) is 0.565. The fraction of sp³-hybridized carbons (Fsp3) is 0.900. The highest BCUT2D eigenvalue weighted by Gasteiger charge is 2.53. The lowest BCUT2D eigenvalue weighted by Crippen LogP contribution is -2.43. The molecule has 3 N–H and O–H groups in total. The van der Waals surface area contributed by atoms with E-state index in [1.807, 2.05) is 0 Å². The largest absolute Gasteiger partial charge is 0.351 e. The highest BCUT2D eigenvalue weighted by molar-refractivity contribution is 5.82. The van der Waals surface area contributed by atoms with Crippen LogP contribution in [0.3, 0.4) is 0 Å². The van der Waals surface area contributed by atoms with E-state index in [4.69, 9.17) is 0 Å². The van der Waals surface area contributed by atoms with Crippen molar-refractivity contribution in [3.05, 3.63) is 0 Å². The van der Waals surface area contributed by atoms with Crippen molar-refractivity contribution in [2.75, 3.05) is 19.6 Å². The molecular formula is C10H17N3O. The van der Waals surface area contributed by atoms with Gasteiger partial charge in [-0.1, -0.05) is 0 Å². The van der Waals surface area contributed by atoms with Crippen LogP contribution in [-0.2, 0) is 4.79 Å². The van der Waals surface area contributed by atoms with Gasteiger partial charge in [0.1, 0.15) is 0 Å². The van der Waals surface area contributed by atoms with Crippen LogP contribution in [0.5, 0.6) is 0 Å². The normalized spacial score (nSPS) is 44.9. The minimum Gasteiger partial charge on any atom is -0.351 e. The number of hydrogen-bond acceptors (Lipinski definition) is 3. The quantitative estimate of drug-likeness (QED) is 0.534. The van der Waals surface area contributed by atoms with Crippen molar-refractivity contribution in [1.82, 2.24) is 16.0 Å². The Kier molecular flexibility index (Phi) is 1.99. The fourth-order valence-corrected chi connectivity index (χ4v) is 2.81. The third kappa shape index (κ3) is 1.33. The molecule has 0 aromatic rings. The summed E-state index contributed by atoms with van der Waals surface area (Å²) in [5.41, 5.74) is 0. The summed E-state index contributed by atoms with van der Waals surface area (Å²) in [7, 11) is 0. The second-order valence-corrected chi connectivity index (χ2v) is 4.67. The maximum absolute atomic E-state index is 11.7. The molecule has 3 unspecified atom stereocenters. The Labute approximate surface area is 83.8 Å². The van der Waals surface area contributed by atoms with Gasteiger partial charge in [-0.05, 0) is 31.2 Å². The number of carbonyl (C=O) groups is 1. The van der Waals surface area contributed by atoms with Gasteiger partial charge in [0.25, 0.3) is 0 Å². The van der Waals surface area contributed by atoms with E-state index < -0.39 is 0 Å². The van der Waals surface area contributed by atoms with Crippen molar-refractivity contribution in [3.63, 3.8) is 0 Å². The third-order valence-corrected chi connectivity index (χ3v) is 3.78. The zero-order valence-corrected chi connectivity index (χ0v) is 8.25. The van der Waals surface area contributed by atoms with Crippen molar-refractivity contribution in [1.29, 1.82) is 0 Å². The summed E-state index contributed by atoms with van der Waals surface area (Å²) in [4.78, 5) is 11.7. The molecule has 2 saturated heterocycles. The molecule has 0 aromatic carbocycles. The number of carbonyl (C=O) groups excluding carboxylic acids is 1. The second-order valence-electron chi connectivity index (χ2n) is 4.67. The Hall–Kier alpha value is -0.610. The van der Waals surface area contributed by atoms with Crippen molar-refractivity contribution in [2.24, 2.45) is 11.8 Å². The van der Waals surface area contributed by atoms with Gasteiger partial charge in [-0.15, -0.1) is 0 Å². The molecule has 0 radical (unpaired) electrons. The maximum atomic E-state index is 11.7. The predicted octanol–water partition coefficient (Wildman–Crippen LogP) is -0.928. The van der Waals surface area contributed by atoms with E-state index in [-0.39, 0.29) is 11.9 Å². The van der Waals surface area contributed by atoms with Crippen molar-refractivity contribution in [3.8, 4) is 0 Å². The zero-order valence-electron chi connectivity index (χ0n) is 8.25. The van der Waals surface area contributed by atoms with Gasteiger partial charge >= 0.3 is 0 Å². The van der Waals surface area contributed by atoms with Gasteiger partial charge in [-0.2, -0.15) is 0 Å². The second kappa shape index (κ2) is 3.21. The average molecular weight is 195 g/mol. The van der Waals surface area contributed by atoms with E-state index in [2.05, 4.69) is 16.0 Å². The number of rotatable bonds is 2. The van der Waals surface area contributed by atoms with E-state index in [0.717, 1.165) is 44.3 Å². The molecule has 3 fully saturated rings. The van der Waals surface area contributed by atoms with Crippen LogP contribution in [0.1, 0.15) is 12.8 Å². The van der Waals surface area contributed by atoms with Gasteiger partial charge in [0.15, 0.2) is 0 Å². The molecule has 14 heavy (non-hydrogen) atoms. The average Bonchev–Trinajstić information content (AvgIpc) is 2.75. The molecule has 1 amide bonds. The number of piperidine rings is 1. The lowest BCUT2D eigenvalue weighted by Gasteiger charge is -2.12. The Morgan fingerprint density at radius 2 is 2.07 bits per heavy atom. The minimum absolute atomic E-state index is 0.0873. The number of amides is 1. The van der Waals surface area contributed by atoms with E-state index in [1.165, 1.54) is 0 Å². The van der Waals surface area contributed by atoms with E-state index in [9.17, 15) is 4.79 Å². The summed E-state index contributed by atoms with van der Waals surface area (Å²) in [6.45, 7) is 3.18. The molecule has 1 saturated carbocycles. The highest BCUT2D eigenvalue weighted by Crippen LogP contribution is 2.41. The zero-order chi connectivity index (χ0) is 9.54. The van der Waals surface area contributed by atoms with Gasteiger partial charge in [0, 0.05) is 19.1 Å². The van der Waals surface area contributed by atoms with Gasteiger partial charge in [0.05, 0.1) is 6.04 Å². The molecule has 2 aliphatic heterocycles. The summed E-state index contributed by atoms with van der Waals surface area (Å²) in [5.74, 6) is 1.67. The molecule has 3 atom stereocenters. The van der Waals surface area contributed by atoms with E-state index >= 15 is 0 Å². The Bertz CT molecular complexity index is 240. The smallest absolute Gasteiger partial charge is 0.237 e. The van der Waals surface area contributed by atoms with Gasteiger partial charge in [0.2, 0.25) is 5.91 Å². The highest BCUT2D eigenvalue weighted by atomic mass is 16.2. The molecule has 3 aliphatic rings. The van der Waals surface area contributed by atoms with Gasteiger partial charge < -0.3 is 16.0 Å². The first-order chi connectivity index (χ1) is 6.86. The molecular weight excluding hydrogens is 178 g/mol. The van der Waals surface area contributed by atoms with Crippen LogP contribution in [0.2, 0.25) is 0 Å². The molecule has 0 bridgehead atoms. The van der Waals surface area contributed by atoms with Crippen LogP contribution in [-0.4, -0.2) is 37.6 Å². The summed E-state index contributed by atoms with van der Waals surface area (Å²) in [5, 5.41) is 9.71. The van der Waals surface area contributed by atoms with Gasteiger partial charge in [-0.3, -0.25) is 4.79 Å². The first kappa shape index (κ1) is 8.68. The number of hydrogen-bond donors (Lipinski definition) is 3. The van der Waals surface area contributed by atoms with Gasteiger partial charge in [-0.25, -0.2) is 0 Å². The molecule has 0 spiro atoms. The van der Waals surface area contributed by atoms with Crippen LogP contribution < -0.4 is 16.0 Å². The van der Waals surface area contributed by atoms with Crippen molar-refractivity contribution in [2.45, 2.75) is 24.9 Å².